The van der Waals surface area contributed by atoms with E-state index >= 15 is 0 Å². The van der Waals surface area contributed by atoms with Crippen LogP contribution < -0.4 is 5.32 Å². The highest BCUT2D eigenvalue weighted by Crippen LogP contribution is 2.18. The fourth-order valence-corrected chi connectivity index (χ4v) is 1.97. The molecule has 0 radical (unpaired) electrons. The Hall–Kier alpha value is -0.910. The summed E-state index contributed by atoms with van der Waals surface area (Å²) in [5.41, 5.74) is 1.09. The highest BCUT2D eigenvalue weighted by molar-refractivity contribution is 7.92. The standard InChI is InChI=1S/C14H23NO3S/c1-14(2,19(4,16)17)11-15-13(10-18-3)12-8-6-5-7-9-12/h5-9,13,15H,10-11H2,1-4H3. The van der Waals surface area contributed by atoms with Crippen LogP contribution in [0.15, 0.2) is 30.3 Å². The van der Waals surface area contributed by atoms with Gasteiger partial charge in [0.15, 0.2) is 9.84 Å². The van der Waals surface area contributed by atoms with Crippen molar-refractivity contribution in [1.29, 1.82) is 0 Å². The number of sulfone groups is 1. The Morgan fingerprint density at radius 3 is 2.32 bits per heavy atom. The first-order chi connectivity index (χ1) is 8.78. The van der Waals surface area contributed by atoms with Crippen molar-refractivity contribution in [3.63, 3.8) is 0 Å². The smallest absolute Gasteiger partial charge is 0.153 e. The molecule has 0 aliphatic carbocycles. The Morgan fingerprint density at radius 1 is 1.26 bits per heavy atom. The maximum absolute atomic E-state index is 11.7. The molecule has 19 heavy (non-hydrogen) atoms. The first kappa shape index (κ1) is 16.1. The van der Waals surface area contributed by atoms with Crippen molar-refractivity contribution in [3.8, 4) is 0 Å². The molecule has 0 fully saturated rings. The maximum atomic E-state index is 11.7. The number of hydrogen-bond acceptors (Lipinski definition) is 4. The molecule has 0 saturated heterocycles. The molecule has 108 valence electrons. The molecule has 0 bridgehead atoms. The Morgan fingerprint density at radius 2 is 1.84 bits per heavy atom. The Labute approximate surface area is 116 Å². The van der Waals surface area contributed by atoms with E-state index in [1.807, 2.05) is 30.3 Å². The van der Waals surface area contributed by atoms with E-state index < -0.39 is 14.6 Å². The van der Waals surface area contributed by atoms with Crippen molar-refractivity contribution >= 4 is 9.84 Å². The first-order valence-electron chi connectivity index (χ1n) is 6.25. The molecule has 0 amide bonds. The lowest BCUT2D eigenvalue weighted by Gasteiger charge is -2.27. The highest BCUT2D eigenvalue weighted by Gasteiger charge is 2.30. The first-order valence-corrected chi connectivity index (χ1v) is 8.14. The predicted molar refractivity (Wildman–Crippen MR) is 78.0 cm³/mol. The van der Waals surface area contributed by atoms with Crippen molar-refractivity contribution in [2.24, 2.45) is 0 Å². The van der Waals surface area contributed by atoms with E-state index in [1.165, 1.54) is 6.26 Å². The number of ether oxygens (including phenoxy) is 1. The van der Waals surface area contributed by atoms with Gasteiger partial charge < -0.3 is 10.1 Å². The molecule has 0 heterocycles. The van der Waals surface area contributed by atoms with Gasteiger partial charge >= 0.3 is 0 Å². The summed E-state index contributed by atoms with van der Waals surface area (Å²) < 4.78 is 27.8. The largest absolute Gasteiger partial charge is 0.383 e. The molecule has 1 atom stereocenters. The Balaban J connectivity index is 2.76. The van der Waals surface area contributed by atoms with E-state index in [0.717, 1.165) is 5.56 Å². The molecule has 0 spiro atoms. The molecule has 0 aliphatic rings. The van der Waals surface area contributed by atoms with Crippen LogP contribution in [0.2, 0.25) is 0 Å². The van der Waals surface area contributed by atoms with Crippen molar-refractivity contribution in [2.75, 3.05) is 26.5 Å². The lowest BCUT2D eigenvalue weighted by atomic mass is 10.1. The van der Waals surface area contributed by atoms with Gasteiger partial charge in [0.05, 0.1) is 17.4 Å². The van der Waals surface area contributed by atoms with Crippen LogP contribution in [0, 0.1) is 0 Å². The summed E-state index contributed by atoms with van der Waals surface area (Å²) in [6.07, 6.45) is 1.27. The molecule has 1 aromatic rings. The fourth-order valence-electron chi connectivity index (χ4n) is 1.63. The minimum absolute atomic E-state index is 0.00720. The van der Waals surface area contributed by atoms with Gasteiger partial charge in [-0.05, 0) is 19.4 Å². The summed E-state index contributed by atoms with van der Waals surface area (Å²) >= 11 is 0. The van der Waals surface area contributed by atoms with E-state index in [9.17, 15) is 8.42 Å². The van der Waals surface area contributed by atoms with Crippen LogP contribution in [0.25, 0.3) is 0 Å². The van der Waals surface area contributed by atoms with Crippen LogP contribution >= 0.6 is 0 Å². The van der Waals surface area contributed by atoms with Crippen molar-refractivity contribution in [2.45, 2.75) is 24.6 Å². The Bertz CT molecular complexity index is 483. The van der Waals surface area contributed by atoms with Crippen molar-refractivity contribution < 1.29 is 13.2 Å². The van der Waals surface area contributed by atoms with Gasteiger partial charge in [-0.25, -0.2) is 8.42 Å². The summed E-state index contributed by atoms with van der Waals surface area (Å²) in [7, 11) is -1.46. The van der Waals surface area contributed by atoms with Crippen LogP contribution in [-0.2, 0) is 14.6 Å². The van der Waals surface area contributed by atoms with Gasteiger partial charge in [0.1, 0.15) is 0 Å². The van der Waals surface area contributed by atoms with Gasteiger partial charge in [-0.3, -0.25) is 0 Å². The van der Waals surface area contributed by atoms with Gasteiger partial charge in [-0.1, -0.05) is 30.3 Å². The van der Waals surface area contributed by atoms with E-state index in [1.54, 1.807) is 21.0 Å². The molecule has 4 nitrogen and oxygen atoms in total. The highest BCUT2D eigenvalue weighted by atomic mass is 32.2. The third kappa shape index (κ3) is 4.60. The molecule has 5 heteroatoms. The minimum atomic E-state index is -3.10. The normalized spacial score (nSPS) is 14.3. The molecule has 1 unspecified atom stereocenters. The molecule has 1 aromatic carbocycles. The number of benzene rings is 1. The molecule has 1 N–H and O–H groups in total. The summed E-state index contributed by atoms with van der Waals surface area (Å²) in [5, 5.41) is 3.28. The van der Waals surface area contributed by atoms with Gasteiger partial charge in [-0.2, -0.15) is 0 Å². The summed E-state index contributed by atoms with van der Waals surface area (Å²) in [4.78, 5) is 0. The van der Waals surface area contributed by atoms with Crippen molar-refractivity contribution in [3.05, 3.63) is 35.9 Å². The molecular formula is C14H23NO3S. The number of rotatable bonds is 7. The lowest BCUT2D eigenvalue weighted by molar-refractivity contribution is 0.166. The SMILES string of the molecule is COCC(NCC(C)(C)S(C)(=O)=O)c1ccccc1. The zero-order valence-electron chi connectivity index (χ0n) is 12.0. The number of methoxy groups -OCH3 is 1. The average molecular weight is 285 g/mol. The monoisotopic (exact) mass is 285 g/mol. The minimum Gasteiger partial charge on any atom is -0.383 e. The van der Waals surface area contributed by atoms with Gasteiger partial charge in [0.25, 0.3) is 0 Å². The summed E-state index contributed by atoms with van der Waals surface area (Å²) in [6, 6.07) is 9.87. The second kappa shape index (κ2) is 6.50. The number of nitrogens with one attached hydrogen (secondary N) is 1. The van der Waals surface area contributed by atoms with Crippen LogP contribution in [0.4, 0.5) is 0 Å². The second-order valence-corrected chi connectivity index (χ2v) is 7.98. The van der Waals surface area contributed by atoms with Gasteiger partial charge in [-0.15, -0.1) is 0 Å². The van der Waals surface area contributed by atoms with E-state index in [-0.39, 0.29) is 6.04 Å². The van der Waals surface area contributed by atoms with Gasteiger partial charge in [0, 0.05) is 19.9 Å². The third-order valence-corrected chi connectivity index (χ3v) is 5.47. The molecule has 1 rings (SSSR count). The van der Waals surface area contributed by atoms with Crippen LogP contribution in [0.1, 0.15) is 25.5 Å². The number of hydrogen-bond donors (Lipinski definition) is 1. The van der Waals surface area contributed by atoms with Crippen LogP contribution in [0.3, 0.4) is 0 Å². The quantitative estimate of drug-likeness (QED) is 0.830. The lowest BCUT2D eigenvalue weighted by Crippen LogP contribution is -2.43. The molecule has 0 aliphatic heterocycles. The van der Waals surface area contributed by atoms with Crippen LogP contribution in [0.5, 0.6) is 0 Å². The van der Waals surface area contributed by atoms with Crippen LogP contribution in [-0.4, -0.2) is 39.7 Å². The Kier molecular flexibility index (Phi) is 5.52. The zero-order valence-corrected chi connectivity index (χ0v) is 12.8. The van der Waals surface area contributed by atoms with Crippen molar-refractivity contribution in [1.82, 2.24) is 5.32 Å². The molecular weight excluding hydrogens is 262 g/mol. The average Bonchev–Trinajstić information content (AvgIpc) is 2.34. The second-order valence-electron chi connectivity index (χ2n) is 5.33. The van der Waals surface area contributed by atoms with E-state index in [4.69, 9.17) is 4.74 Å². The predicted octanol–water partition coefficient (Wildman–Crippen LogP) is 1.79. The summed E-state index contributed by atoms with van der Waals surface area (Å²) in [6.45, 7) is 4.34. The van der Waals surface area contributed by atoms with E-state index in [0.29, 0.717) is 13.2 Å². The molecule has 0 aromatic heterocycles. The summed E-state index contributed by atoms with van der Waals surface area (Å²) in [5.74, 6) is 0. The third-order valence-electron chi connectivity index (χ3n) is 3.31. The molecule has 0 saturated carbocycles. The van der Waals surface area contributed by atoms with Gasteiger partial charge in [0.2, 0.25) is 0 Å². The zero-order chi connectivity index (χ0) is 14.5. The fraction of sp³-hybridized carbons (Fsp3) is 0.571. The topological polar surface area (TPSA) is 55.4 Å². The maximum Gasteiger partial charge on any atom is 0.153 e. The van der Waals surface area contributed by atoms with E-state index in [2.05, 4.69) is 5.32 Å².